The number of hydrogen-bond acceptors (Lipinski definition) is 39. The summed E-state index contributed by atoms with van der Waals surface area (Å²) in [6.07, 6.45) is -39.7. The molecule has 4 heterocycles. The maximum Gasteiger partial charge on any atom is 0.325 e. The van der Waals surface area contributed by atoms with Gasteiger partial charge >= 0.3 is 23.9 Å². The molecule has 0 saturated carbocycles. The number of ether oxygens (including phenoxy) is 9. The second kappa shape index (κ2) is 58.0. The van der Waals surface area contributed by atoms with Crippen LogP contribution in [-0.2, 0) is 139 Å². The van der Waals surface area contributed by atoms with Crippen LogP contribution < -0.4 is 97.4 Å². The van der Waals surface area contributed by atoms with Gasteiger partial charge in [-0.05, 0) is 92.9 Å². The van der Waals surface area contributed by atoms with E-state index in [2.05, 4.69) is 74.4 Å². The zero-order valence-electron chi connectivity index (χ0n) is 77.7. The molecule has 4 aliphatic rings. The molecule has 4 saturated heterocycles. The lowest BCUT2D eigenvalue weighted by Gasteiger charge is -2.52. The summed E-state index contributed by atoms with van der Waals surface area (Å²) in [4.78, 5) is 258. The number of rotatable bonds is 58. The van der Waals surface area contributed by atoms with Crippen LogP contribution in [0.2, 0.25) is 0 Å². The maximum atomic E-state index is 14.5. The first kappa shape index (κ1) is 120. The lowest BCUT2D eigenvalue weighted by atomic mass is 9.92. The van der Waals surface area contributed by atoms with Crippen LogP contribution >= 0.6 is 0 Å². The largest absolute Gasteiger partial charge is 0.481 e. The highest BCUT2D eigenvalue weighted by Crippen LogP contribution is 2.37. The molecular formula is C80H132N18O41. The number of carboxylic acid groups (broad SMARTS) is 4. The molecule has 4 fully saturated rings. The fraction of sp³-hybridized carbons (Fsp3) is 0.750. The Balaban J connectivity index is 1.66. The van der Waals surface area contributed by atoms with Crippen molar-refractivity contribution >= 4 is 118 Å². The topological polar surface area (TPSA) is 940 Å². The van der Waals surface area contributed by atoms with Crippen molar-refractivity contribution in [1.29, 1.82) is 0 Å². The number of nitrogens with one attached hydrogen (secondary N) is 14. The van der Waals surface area contributed by atoms with Gasteiger partial charge < -0.3 is 201 Å². The third kappa shape index (κ3) is 38.3. The van der Waals surface area contributed by atoms with Crippen LogP contribution in [0.25, 0.3) is 0 Å². The van der Waals surface area contributed by atoms with Crippen molar-refractivity contribution in [2.24, 2.45) is 22.9 Å². The van der Waals surface area contributed by atoms with Gasteiger partial charge in [0.15, 0.2) is 25.2 Å². The monoisotopic (exact) mass is 2000 g/mol. The van der Waals surface area contributed by atoms with E-state index < -0.39 is 379 Å². The summed E-state index contributed by atoms with van der Waals surface area (Å²) in [6, 6.07) is -22.8. The lowest BCUT2D eigenvalue weighted by Crippen LogP contribution is -2.72. The van der Waals surface area contributed by atoms with Gasteiger partial charge in [0.05, 0.1) is 51.4 Å². The first-order chi connectivity index (χ1) is 65.1. The average molecular weight is 2000 g/mol. The molecule has 788 valence electrons. The number of carboxylic acids is 4. The van der Waals surface area contributed by atoms with Gasteiger partial charge in [0.1, 0.15) is 158 Å². The fourth-order valence-corrected chi connectivity index (χ4v) is 14.6. The minimum atomic E-state index is -2.29. The number of carbonyl (C=O) groups excluding carboxylic acids is 16. The van der Waals surface area contributed by atoms with Gasteiger partial charge in [0.25, 0.3) is 0 Å². The highest BCUT2D eigenvalue weighted by Gasteiger charge is 2.58. The lowest BCUT2D eigenvalue weighted by molar-refractivity contribution is -0.365. The summed E-state index contributed by atoms with van der Waals surface area (Å²) >= 11 is 0. The highest BCUT2D eigenvalue weighted by molar-refractivity contribution is 5.96. The van der Waals surface area contributed by atoms with Gasteiger partial charge in [0.2, 0.25) is 94.5 Å². The summed E-state index contributed by atoms with van der Waals surface area (Å²) in [5.74, 6) is -21.7. The number of primary amides is 2. The Kier molecular flexibility index (Phi) is 50.1. The van der Waals surface area contributed by atoms with Crippen LogP contribution in [0.1, 0.15) is 146 Å². The molecule has 32 unspecified atom stereocenters. The van der Waals surface area contributed by atoms with Crippen LogP contribution in [0.3, 0.4) is 0 Å². The van der Waals surface area contributed by atoms with Crippen molar-refractivity contribution in [3.63, 3.8) is 0 Å². The minimum Gasteiger partial charge on any atom is -0.481 e. The molecule has 16 amide bonds. The SMILES string of the molecule is CC(=O)NC1C(OC2C(CO)OC(OC3C(CO)OC(OC4C(CO)OC(O)C(NC(C)=O)C4OC(C)C(=O)NC(C)C(=O)NC(CCC(=O)NC(CCCCNC(=O)C(N)CC(=O)O)C(=O)NC(C)C(=O)O)C(N)=O)C(NC(C)=O)C3O)C(NC(C)=O)C2OC(C)C(=O)NC(C)C(=O)NC(CCC(=O)NC(CCCCNC(=O)C(N)CC(=O)O)C(=O)NC(C)C(=O)O)C(N)=O)OC(CO)C(O)C1O. The van der Waals surface area contributed by atoms with Gasteiger partial charge in [-0.1, -0.05) is 0 Å². The molecule has 0 bridgehead atoms. The van der Waals surface area contributed by atoms with Gasteiger partial charge in [-0.3, -0.25) is 95.9 Å². The van der Waals surface area contributed by atoms with Crippen molar-refractivity contribution < 1.29 is 200 Å². The first-order valence-corrected chi connectivity index (χ1v) is 44.2. The number of aliphatic carboxylic acids is 4. The van der Waals surface area contributed by atoms with E-state index in [9.17, 15) is 147 Å². The molecule has 0 spiro atoms. The number of unbranched alkanes of at least 4 members (excludes halogenated alkanes) is 2. The summed E-state index contributed by atoms with van der Waals surface area (Å²) < 4.78 is 55.8. The molecule has 0 aliphatic carbocycles. The van der Waals surface area contributed by atoms with Crippen molar-refractivity contribution in [2.75, 3.05) is 39.5 Å². The number of hydrogen-bond donors (Lipinski definition) is 30. The standard InChI is InChI=1S/C80H132N18O41/c1-29(67(118)97-41(65(83)116)17-19-49(107)95-43(73(124)89-31(3)75(126)127)15-11-13-21-85-71(122)39(81)23-51(109)110)87-69(120)33(5)131-63-55(93-37(9)105)77(130)133-47(27-101)61(63)138-79-54(92-36(8)104)59(115)60(46(26-100)135-79)137-80-56(94-38(10)106)64(62(48(28-102)136-80)139-78-53(91-35(7)103)58(114)57(113)45(25-99)134-78)132-34(6)70(121)88-30(2)68(119)98-42(66(84)117)18-20-50(108)96-44(74(125)90-32(4)76(128)129)16-12-14-22-86-72(123)40(82)24-52(111)112/h29-34,39-48,53-64,77-80,99-102,113-115,130H,11-28,81-82H2,1-10H3,(H2,83,116)(H2,84,117)(H,85,122)(H,86,123)(H,87,120)(H,88,121)(H,89,124)(H,90,125)(H,91,103)(H,92,104)(H,93,105)(H,94,106)(H,95,107)(H,96,108)(H,97,118)(H,98,119)(H,109,110)(H,111,112)(H,126,127)(H,128,129). The number of aliphatic hydroxyl groups is 8. The maximum absolute atomic E-state index is 14.5. The Bertz CT molecular complexity index is 4220. The Morgan fingerprint density at radius 2 is 0.662 bits per heavy atom. The zero-order valence-corrected chi connectivity index (χ0v) is 77.7. The van der Waals surface area contributed by atoms with E-state index in [0.29, 0.717) is 0 Å². The van der Waals surface area contributed by atoms with Gasteiger partial charge in [-0.15, -0.1) is 0 Å². The molecule has 0 aromatic rings. The number of carbonyl (C=O) groups is 20. The molecule has 59 nitrogen and oxygen atoms in total. The predicted molar refractivity (Wildman–Crippen MR) is 461 cm³/mol. The van der Waals surface area contributed by atoms with Gasteiger partial charge in [-0.25, -0.2) is 0 Å². The van der Waals surface area contributed by atoms with E-state index in [1.54, 1.807) is 0 Å². The third-order valence-corrected chi connectivity index (χ3v) is 22.0. The summed E-state index contributed by atoms with van der Waals surface area (Å²) in [6.45, 7) is 5.71. The number of aliphatic hydroxyl groups excluding tert-OH is 8. The van der Waals surface area contributed by atoms with Crippen molar-refractivity contribution in [3.8, 4) is 0 Å². The second-order valence-corrected chi connectivity index (χ2v) is 33.4. The molecule has 59 heteroatoms. The van der Waals surface area contributed by atoms with Crippen molar-refractivity contribution in [3.05, 3.63) is 0 Å². The van der Waals surface area contributed by atoms with Crippen LogP contribution in [0.5, 0.6) is 0 Å². The highest BCUT2D eigenvalue weighted by atomic mass is 16.8. The second-order valence-electron chi connectivity index (χ2n) is 33.4. The average Bonchev–Trinajstić information content (AvgIpc) is 0.758. The molecule has 4 aliphatic heterocycles. The quantitative estimate of drug-likeness (QED) is 0.0251. The van der Waals surface area contributed by atoms with Gasteiger partial charge in [-0.2, -0.15) is 0 Å². The van der Waals surface area contributed by atoms with Crippen LogP contribution in [0.15, 0.2) is 0 Å². The van der Waals surface area contributed by atoms with Crippen molar-refractivity contribution in [1.82, 2.24) is 74.4 Å². The van der Waals surface area contributed by atoms with Crippen LogP contribution in [0, 0.1) is 0 Å². The Labute approximate surface area is 793 Å². The normalized spacial score (nSPS) is 27.1. The van der Waals surface area contributed by atoms with E-state index >= 15 is 0 Å². The smallest absolute Gasteiger partial charge is 0.325 e. The predicted octanol–water partition coefficient (Wildman–Crippen LogP) is -15.5. The summed E-state index contributed by atoms with van der Waals surface area (Å²) in [5, 5.41) is 160. The van der Waals surface area contributed by atoms with E-state index in [1.165, 1.54) is 0 Å². The molecule has 0 aromatic heterocycles. The van der Waals surface area contributed by atoms with Gasteiger partial charge in [0, 0.05) is 53.6 Å². The Morgan fingerprint density at radius 1 is 0.338 bits per heavy atom. The minimum absolute atomic E-state index is 0.0489. The zero-order chi connectivity index (χ0) is 105. The Hall–Kier alpha value is -11.4. The number of amides is 16. The van der Waals surface area contributed by atoms with Crippen LogP contribution in [0.4, 0.5) is 0 Å². The molecule has 0 radical (unpaired) electrons. The molecule has 4 rings (SSSR count). The summed E-state index contributed by atoms with van der Waals surface area (Å²) in [5.41, 5.74) is 22.4. The fourth-order valence-electron chi connectivity index (χ4n) is 14.6. The van der Waals surface area contributed by atoms with Crippen LogP contribution in [-0.4, -0.2) is 414 Å². The Morgan fingerprint density at radius 3 is 1.02 bits per heavy atom. The van der Waals surface area contributed by atoms with E-state index in [0.717, 1.165) is 69.2 Å². The summed E-state index contributed by atoms with van der Waals surface area (Å²) in [7, 11) is 0. The van der Waals surface area contributed by atoms with E-state index in [-0.39, 0.29) is 51.6 Å². The first-order valence-electron chi connectivity index (χ1n) is 44.2. The molecule has 34 N–H and O–H groups in total. The molecule has 139 heavy (non-hydrogen) atoms. The van der Waals surface area contributed by atoms with Crippen molar-refractivity contribution in [2.45, 2.75) is 341 Å². The van der Waals surface area contributed by atoms with E-state index in [1.807, 2.05) is 0 Å². The third-order valence-electron chi connectivity index (χ3n) is 22.0. The number of nitrogens with two attached hydrogens (primary N) is 4. The molecular weight excluding hydrogens is 1870 g/mol. The molecule has 32 atom stereocenters. The molecule has 0 aromatic carbocycles. The van der Waals surface area contributed by atoms with E-state index in [4.69, 9.17) is 75.8 Å².